The molecular formula is C13H15N3. The number of benzene rings is 1. The van der Waals surface area contributed by atoms with Crippen LogP contribution in [0.1, 0.15) is 18.0 Å². The number of nitrogens with zero attached hydrogens (tertiary/aromatic N) is 2. The van der Waals surface area contributed by atoms with E-state index in [0.717, 1.165) is 17.5 Å². The molecule has 1 unspecified atom stereocenters. The van der Waals surface area contributed by atoms with Crippen LogP contribution < -0.4 is 5.32 Å². The van der Waals surface area contributed by atoms with E-state index in [9.17, 15) is 0 Å². The molecule has 0 aliphatic carbocycles. The molecule has 1 atom stereocenters. The van der Waals surface area contributed by atoms with Crippen LogP contribution in [0.25, 0.3) is 11.0 Å². The molecule has 0 spiro atoms. The largest absolute Gasteiger partial charge is 0.313 e. The van der Waals surface area contributed by atoms with Crippen molar-refractivity contribution in [1.82, 2.24) is 15.3 Å². The van der Waals surface area contributed by atoms with Gasteiger partial charge in [-0.1, -0.05) is 12.1 Å². The predicted molar refractivity (Wildman–Crippen MR) is 66.2 cm³/mol. The molecule has 3 nitrogen and oxygen atoms in total. The Kier molecular flexibility index (Phi) is 3.27. The highest BCUT2D eigenvalue weighted by atomic mass is 14.9. The lowest BCUT2D eigenvalue weighted by Gasteiger charge is -2.14. The lowest BCUT2D eigenvalue weighted by atomic mass is 10.0. The SMILES string of the molecule is C=CCC(NC)c1ccc2nccnc2c1. The summed E-state index contributed by atoms with van der Waals surface area (Å²) in [6.45, 7) is 3.77. The Morgan fingerprint density at radius 1 is 1.31 bits per heavy atom. The van der Waals surface area contributed by atoms with Crippen LogP contribution in [-0.2, 0) is 0 Å². The van der Waals surface area contributed by atoms with Gasteiger partial charge >= 0.3 is 0 Å². The second kappa shape index (κ2) is 4.86. The summed E-state index contributed by atoms with van der Waals surface area (Å²) < 4.78 is 0. The fourth-order valence-corrected chi connectivity index (χ4v) is 1.78. The lowest BCUT2D eigenvalue weighted by Crippen LogP contribution is -2.15. The van der Waals surface area contributed by atoms with Gasteiger partial charge in [0.2, 0.25) is 0 Å². The third-order valence-electron chi connectivity index (χ3n) is 2.65. The van der Waals surface area contributed by atoms with Gasteiger partial charge in [0.25, 0.3) is 0 Å². The maximum absolute atomic E-state index is 4.30. The van der Waals surface area contributed by atoms with Crippen molar-refractivity contribution in [2.45, 2.75) is 12.5 Å². The second-order valence-corrected chi connectivity index (χ2v) is 3.67. The summed E-state index contributed by atoms with van der Waals surface area (Å²) in [6, 6.07) is 6.46. The summed E-state index contributed by atoms with van der Waals surface area (Å²) in [5.74, 6) is 0. The Hall–Kier alpha value is -1.74. The quantitative estimate of drug-likeness (QED) is 0.793. The van der Waals surface area contributed by atoms with E-state index in [-0.39, 0.29) is 0 Å². The number of fused-ring (bicyclic) bond motifs is 1. The number of hydrogen-bond donors (Lipinski definition) is 1. The molecule has 16 heavy (non-hydrogen) atoms. The normalized spacial score (nSPS) is 12.6. The average Bonchev–Trinajstić information content (AvgIpc) is 2.35. The van der Waals surface area contributed by atoms with Crippen molar-refractivity contribution >= 4 is 11.0 Å². The van der Waals surface area contributed by atoms with Crippen LogP contribution >= 0.6 is 0 Å². The Bertz CT molecular complexity index is 493. The van der Waals surface area contributed by atoms with Crippen molar-refractivity contribution in [3.63, 3.8) is 0 Å². The summed E-state index contributed by atoms with van der Waals surface area (Å²) in [4.78, 5) is 8.55. The molecule has 82 valence electrons. The highest BCUT2D eigenvalue weighted by molar-refractivity contribution is 5.74. The van der Waals surface area contributed by atoms with Gasteiger partial charge in [-0.15, -0.1) is 6.58 Å². The van der Waals surface area contributed by atoms with Crippen molar-refractivity contribution in [1.29, 1.82) is 0 Å². The maximum atomic E-state index is 4.30. The first-order chi connectivity index (χ1) is 7.85. The van der Waals surface area contributed by atoms with Gasteiger partial charge < -0.3 is 5.32 Å². The Morgan fingerprint density at radius 2 is 2.06 bits per heavy atom. The average molecular weight is 213 g/mol. The molecule has 2 rings (SSSR count). The summed E-state index contributed by atoms with van der Waals surface area (Å²) in [6.07, 6.45) is 6.25. The van der Waals surface area contributed by atoms with Crippen molar-refractivity contribution in [3.05, 3.63) is 48.8 Å². The number of rotatable bonds is 4. The molecule has 0 amide bonds. The first-order valence-electron chi connectivity index (χ1n) is 5.34. The summed E-state index contributed by atoms with van der Waals surface area (Å²) >= 11 is 0. The number of aromatic nitrogens is 2. The predicted octanol–water partition coefficient (Wildman–Crippen LogP) is 2.47. The number of hydrogen-bond acceptors (Lipinski definition) is 3. The van der Waals surface area contributed by atoms with Crippen molar-refractivity contribution in [2.24, 2.45) is 0 Å². The molecule has 1 N–H and O–H groups in total. The van der Waals surface area contributed by atoms with Crippen LogP contribution in [0.4, 0.5) is 0 Å². The molecule has 0 fully saturated rings. The van der Waals surface area contributed by atoms with Gasteiger partial charge in [-0.05, 0) is 31.2 Å². The molecule has 0 saturated carbocycles. The van der Waals surface area contributed by atoms with Gasteiger partial charge in [0.1, 0.15) is 0 Å². The Morgan fingerprint density at radius 3 is 2.75 bits per heavy atom. The van der Waals surface area contributed by atoms with E-state index in [4.69, 9.17) is 0 Å². The summed E-state index contributed by atoms with van der Waals surface area (Å²) in [7, 11) is 1.95. The molecule has 1 aromatic carbocycles. The molecule has 0 bridgehead atoms. The minimum absolute atomic E-state index is 0.295. The first-order valence-corrected chi connectivity index (χ1v) is 5.34. The van der Waals surface area contributed by atoms with Crippen LogP contribution in [-0.4, -0.2) is 17.0 Å². The van der Waals surface area contributed by atoms with Gasteiger partial charge in [0.05, 0.1) is 11.0 Å². The van der Waals surface area contributed by atoms with Crippen LogP contribution in [0.15, 0.2) is 43.2 Å². The zero-order valence-corrected chi connectivity index (χ0v) is 9.35. The molecule has 0 aliphatic rings. The van der Waals surface area contributed by atoms with Crippen LogP contribution in [0.5, 0.6) is 0 Å². The van der Waals surface area contributed by atoms with Gasteiger partial charge in [-0.2, -0.15) is 0 Å². The van der Waals surface area contributed by atoms with E-state index in [1.54, 1.807) is 12.4 Å². The zero-order chi connectivity index (χ0) is 11.4. The molecule has 2 aromatic rings. The lowest BCUT2D eigenvalue weighted by molar-refractivity contribution is 0.604. The Labute approximate surface area is 95.2 Å². The minimum atomic E-state index is 0.295. The molecule has 3 heteroatoms. The molecule has 0 radical (unpaired) electrons. The fraction of sp³-hybridized carbons (Fsp3) is 0.231. The van der Waals surface area contributed by atoms with Crippen molar-refractivity contribution < 1.29 is 0 Å². The van der Waals surface area contributed by atoms with E-state index in [1.165, 1.54) is 5.56 Å². The van der Waals surface area contributed by atoms with Crippen LogP contribution in [0.2, 0.25) is 0 Å². The van der Waals surface area contributed by atoms with Crippen LogP contribution in [0, 0.1) is 0 Å². The van der Waals surface area contributed by atoms with Crippen molar-refractivity contribution in [2.75, 3.05) is 7.05 Å². The maximum Gasteiger partial charge on any atom is 0.0890 e. The van der Waals surface area contributed by atoms with Gasteiger partial charge in [0.15, 0.2) is 0 Å². The molecule has 0 saturated heterocycles. The first kappa shape index (κ1) is 10.8. The second-order valence-electron chi connectivity index (χ2n) is 3.67. The van der Waals surface area contributed by atoms with E-state index in [1.807, 2.05) is 19.2 Å². The zero-order valence-electron chi connectivity index (χ0n) is 9.35. The summed E-state index contributed by atoms with van der Waals surface area (Å²) in [5, 5.41) is 3.26. The monoisotopic (exact) mass is 213 g/mol. The number of nitrogens with one attached hydrogen (secondary N) is 1. The van der Waals surface area contributed by atoms with E-state index < -0.39 is 0 Å². The van der Waals surface area contributed by atoms with Gasteiger partial charge in [0, 0.05) is 18.4 Å². The highest BCUT2D eigenvalue weighted by Gasteiger charge is 2.07. The summed E-state index contributed by atoms with van der Waals surface area (Å²) in [5.41, 5.74) is 3.08. The molecular weight excluding hydrogens is 198 g/mol. The van der Waals surface area contributed by atoms with Gasteiger partial charge in [-0.3, -0.25) is 9.97 Å². The van der Waals surface area contributed by atoms with E-state index in [2.05, 4.69) is 34.0 Å². The third kappa shape index (κ3) is 2.09. The van der Waals surface area contributed by atoms with E-state index >= 15 is 0 Å². The van der Waals surface area contributed by atoms with Gasteiger partial charge in [-0.25, -0.2) is 0 Å². The van der Waals surface area contributed by atoms with E-state index in [0.29, 0.717) is 6.04 Å². The smallest absolute Gasteiger partial charge is 0.0890 e. The fourth-order valence-electron chi connectivity index (χ4n) is 1.78. The molecule has 1 heterocycles. The van der Waals surface area contributed by atoms with Crippen LogP contribution in [0.3, 0.4) is 0 Å². The van der Waals surface area contributed by atoms with Crippen molar-refractivity contribution in [3.8, 4) is 0 Å². The minimum Gasteiger partial charge on any atom is -0.313 e. The standard InChI is InChI=1S/C13H15N3/c1-3-4-11(14-2)10-5-6-12-13(9-10)16-8-7-15-12/h3,5-9,11,14H,1,4H2,2H3. The third-order valence-corrected chi connectivity index (χ3v) is 2.65. The topological polar surface area (TPSA) is 37.8 Å². The molecule has 1 aromatic heterocycles. The Balaban J connectivity index is 2.41. The molecule has 0 aliphatic heterocycles. The highest BCUT2D eigenvalue weighted by Crippen LogP contribution is 2.20.